The van der Waals surface area contributed by atoms with Gasteiger partial charge in [0.15, 0.2) is 5.82 Å². The quantitative estimate of drug-likeness (QED) is 0.638. The first-order valence-corrected chi connectivity index (χ1v) is 5.79. The maximum atomic E-state index is 11.4. The molecule has 19 heavy (non-hydrogen) atoms. The molecule has 6 heteroatoms. The molecule has 0 bridgehead atoms. The summed E-state index contributed by atoms with van der Waals surface area (Å²) in [5.41, 5.74) is 0.825. The largest absolute Gasteiger partial charge is 0.496 e. The van der Waals surface area contributed by atoms with E-state index in [1.807, 2.05) is 18.2 Å². The third-order valence-electron chi connectivity index (χ3n) is 2.50. The van der Waals surface area contributed by atoms with Crippen molar-refractivity contribution in [2.24, 2.45) is 0 Å². The summed E-state index contributed by atoms with van der Waals surface area (Å²) in [4.78, 5) is 19.6. The van der Waals surface area contributed by atoms with Crippen molar-refractivity contribution in [1.29, 1.82) is 0 Å². The molecule has 1 heterocycles. The van der Waals surface area contributed by atoms with Crippen molar-refractivity contribution >= 4 is 17.6 Å². The lowest BCUT2D eigenvalue weighted by Crippen LogP contribution is -2.05. The molecule has 0 amide bonds. The molecule has 5 nitrogen and oxygen atoms in total. The molecule has 0 spiro atoms. The van der Waals surface area contributed by atoms with Crippen LogP contribution in [-0.2, 0) is 4.74 Å². The van der Waals surface area contributed by atoms with Gasteiger partial charge in [0, 0.05) is 6.20 Å². The Morgan fingerprint density at radius 2 is 2.00 bits per heavy atom. The molecule has 0 aliphatic rings. The van der Waals surface area contributed by atoms with E-state index >= 15 is 0 Å². The molecule has 1 aromatic carbocycles. The van der Waals surface area contributed by atoms with Gasteiger partial charge in [-0.3, -0.25) is 0 Å². The van der Waals surface area contributed by atoms with Crippen molar-refractivity contribution in [3.05, 3.63) is 41.2 Å². The summed E-state index contributed by atoms with van der Waals surface area (Å²) in [7, 11) is 2.83. The number of nitrogens with zero attached hydrogens (tertiary/aromatic N) is 2. The zero-order chi connectivity index (χ0) is 13.8. The Hall–Kier alpha value is -2.14. The van der Waals surface area contributed by atoms with Crippen LogP contribution in [0.1, 0.15) is 10.4 Å². The normalized spacial score (nSPS) is 10.1. The van der Waals surface area contributed by atoms with E-state index in [9.17, 15) is 4.79 Å². The van der Waals surface area contributed by atoms with Gasteiger partial charge in [0.25, 0.3) is 0 Å². The molecule has 0 radical (unpaired) electrons. The number of aromatic nitrogens is 2. The van der Waals surface area contributed by atoms with Crippen LogP contribution < -0.4 is 4.74 Å². The van der Waals surface area contributed by atoms with Crippen LogP contribution in [0.3, 0.4) is 0 Å². The van der Waals surface area contributed by atoms with Gasteiger partial charge < -0.3 is 9.47 Å². The van der Waals surface area contributed by atoms with Crippen molar-refractivity contribution in [3.63, 3.8) is 0 Å². The van der Waals surface area contributed by atoms with Crippen molar-refractivity contribution in [2.45, 2.75) is 0 Å². The van der Waals surface area contributed by atoms with Crippen LogP contribution in [-0.4, -0.2) is 30.2 Å². The van der Waals surface area contributed by atoms with E-state index in [2.05, 4.69) is 14.7 Å². The van der Waals surface area contributed by atoms with Crippen LogP contribution in [0.4, 0.5) is 0 Å². The summed E-state index contributed by atoms with van der Waals surface area (Å²) in [5, 5.41) is 0.0442. The number of rotatable bonds is 3. The highest BCUT2D eigenvalue weighted by Gasteiger charge is 2.15. The lowest BCUT2D eigenvalue weighted by atomic mass is 10.2. The number of hydrogen-bond acceptors (Lipinski definition) is 5. The molecular weight excluding hydrogens is 268 g/mol. The van der Waals surface area contributed by atoms with E-state index in [4.69, 9.17) is 16.3 Å². The van der Waals surface area contributed by atoms with E-state index in [-0.39, 0.29) is 10.7 Å². The van der Waals surface area contributed by atoms with Crippen molar-refractivity contribution in [1.82, 2.24) is 9.97 Å². The Bertz CT molecular complexity index is 617. The second-order valence-corrected chi connectivity index (χ2v) is 3.95. The molecule has 98 valence electrons. The van der Waals surface area contributed by atoms with E-state index in [0.717, 1.165) is 0 Å². The molecule has 2 rings (SSSR count). The average Bonchev–Trinajstić information content (AvgIpc) is 2.46. The minimum Gasteiger partial charge on any atom is -0.496 e. The van der Waals surface area contributed by atoms with Crippen LogP contribution >= 0.6 is 11.6 Å². The highest BCUT2D eigenvalue weighted by molar-refractivity contribution is 6.32. The highest BCUT2D eigenvalue weighted by Crippen LogP contribution is 2.28. The molecule has 2 aromatic rings. The van der Waals surface area contributed by atoms with Crippen LogP contribution in [0.25, 0.3) is 11.4 Å². The van der Waals surface area contributed by atoms with Crippen molar-refractivity contribution < 1.29 is 14.3 Å². The predicted molar refractivity (Wildman–Crippen MR) is 70.4 cm³/mol. The first-order valence-electron chi connectivity index (χ1n) is 5.41. The maximum absolute atomic E-state index is 11.4. The first kappa shape index (κ1) is 13.3. The number of para-hydroxylation sites is 1. The molecule has 0 aliphatic heterocycles. The van der Waals surface area contributed by atoms with Gasteiger partial charge in [0.05, 0.1) is 19.8 Å². The van der Waals surface area contributed by atoms with E-state index in [1.54, 1.807) is 13.2 Å². The molecular formula is C13H11ClN2O3. The number of esters is 1. The third kappa shape index (κ3) is 2.66. The second kappa shape index (κ2) is 5.67. The highest BCUT2D eigenvalue weighted by atomic mass is 35.5. The number of carbonyl (C=O) groups is 1. The maximum Gasteiger partial charge on any atom is 0.342 e. The third-order valence-corrected chi connectivity index (χ3v) is 2.78. The molecule has 0 aliphatic carbocycles. The Kier molecular flexibility index (Phi) is 3.97. The Labute approximate surface area is 115 Å². The number of carbonyl (C=O) groups excluding carboxylic acids is 1. The van der Waals surface area contributed by atoms with Crippen molar-refractivity contribution in [2.75, 3.05) is 14.2 Å². The predicted octanol–water partition coefficient (Wildman–Crippen LogP) is 2.59. The SMILES string of the molecule is COC(=O)c1cnc(-c2ccccc2OC)nc1Cl. The van der Waals surface area contributed by atoms with E-state index < -0.39 is 5.97 Å². The molecule has 0 saturated carbocycles. The number of hydrogen-bond donors (Lipinski definition) is 0. The summed E-state index contributed by atoms with van der Waals surface area (Å²) in [6.45, 7) is 0. The molecule has 0 N–H and O–H groups in total. The summed E-state index contributed by atoms with van der Waals surface area (Å²) in [6, 6.07) is 7.28. The Morgan fingerprint density at radius 1 is 1.26 bits per heavy atom. The number of benzene rings is 1. The van der Waals surface area contributed by atoms with Gasteiger partial charge in [0.1, 0.15) is 16.5 Å². The summed E-state index contributed by atoms with van der Waals surface area (Å²) < 4.78 is 9.80. The van der Waals surface area contributed by atoms with Gasteiger partial charge in [-0.05, 0) is 12.1 Å². The van der Waals surface area contributed by atoms with Gasteiger partial charge >= 0.3 is 5.97 Å². The van der Waals surface area contributed by atoms with Crippen LogP contribution in [0, 0.1) is 0 Å². The first-order chi connectivity index (χ1) is 9.17. The van der Waals surface area contributed by atoms with Crippen LogP contribution in [0.5, 0.6) is 5.75 Å². The number of halogens is 1. The fourth-order valence-electron chi connectivity index (χ4n) is 1.57. The molecule has 0 saturated heterocycles. The van der Waals surface area contributed by atoms with Crippen LogP contribution in [0.15, 0.2) is 30.5 Å². The zero-order valence-electron chi connectivity index (χ0n) is 10.4. The monoisotopic (exact) mass is 278 g/mol. The van der Waals surface area contributed by atoms with Gasteiger partial charge in [0.2, 0.25) is 0 Å². The average molecular weight is 279 g/mol. The van der Waals surface area contributed by atoms with Gasteiger partial charge in [-0.2, -0.15) is 0 Å². The zero-order valence-corrected chi connectivity index (χ0v) is 11.1. The number of ether oxygens (including phenoxy) is 2. The summed E-state index contributed by atoms with van der Waals surface area (Å²) in [5.74, 6) is 0.441. The molecule has 0 atom stereocenters. The van der Waals surface area contributed by atoms with Gasteiger partial charge in [-0.15, -0.1) is 0 Å². The van der Waals surface area contributed by atoms with Gasteiger partial charge in [-0.25, -0.2) is 14.8 Å². The number of methoxy groups -OCH3 is 2. The standard InChI is InChI=1S/C13H11ClN2O3/c1-18-10-6-4-3-5-8(10)12-15-7-9(11(14)16-12)13(17)19-2/h3-7H,1-2H3. The fourth-order valence-corrected chi connectivity index (χ4v) is 1.77. The van der Waals surface area contributed by atoms with E-state index in [1.165, 1.54) is 13.3 Å². The molecule has 0 fully saturated rings. The Morgan fingerprint density at radius 3 is 2.63 bits per heavy atom. The van der Waals surface area contributed by atoms with Gasteiger partial charge in [-0.1, -0.05) is 23.7 Å². The van der Waals surface area contributed by atoms with Crippen molar-refractivity contribution in [3.8, 4) is 17.1 Å². The molecule has 0 unspecified atom stereocenters. The minimum absolute atomic E-state index is 0.0442. The lowest BCUT2D eigenvalue weighted by Gasteiger charge is -2.08. The molecule has 1 aromatic heterocycles. The summed E-state index contributed by atoms with van der Waals surface area (Å²) >= 11 is 5.96. The topological polar surface area (TPSA) is 61.3 Å². The smallest absolute Gasteiger partial charge is 0.342 e. The minimum atomic E-state index is -0.573. The lowest BCUT2D eigenvalue weighted by molar-refractivity contribution is 0.0600. The second-order valence-electron chi connectivity index (χ2n) is 3.59. The van der Waals surface area contributed by atoms with Crippen LogP contribution in [0.2, 0.25) is 5.15 Å². The fraction of sp³-hybridized carbons (Fsp3) is 0.154. The summed E-state index contributed by atoms with van der Waals surface area (Å²) in [6.07, 6.45) is 1.34. The Balaban J connectivity index is 2.47. The van der Waals surface area contributed by atoms with E-state index in [0.29, 0.717) is 17.1 Å².